The van der Waals surface area contributed by atoms with E-state index in [0.717, 1.165) is 28.1 Å². The molecule has 0 aliphatic heterocycles. The third-order valence-corrected chi connectivity index (χ3v) is 3.53. The molecule has 0 aliphatic carbocycles. The molecule has 0 saturated heterocycles. The highest BCUT2D eigenvalue weighted by molar-refractivity contribution is 5.89. The van der Waals surface area contributed by atoms with Crippen molar-refractivity contribution in [2.24, 2.45) is 0 Å². The lowest BCUT2D eigenvalue weighted by atomic mass is 10.1. The average Bonchev–Trinajstić information content (AvgIpc) is 2.61. The molecule has 5 heteroatoms. The first-order chi connectivity index (χ1) is 11.7. The number of benzene rings is 1. The number of nitrogens with zero attached hydrogens (tertiary/aromatic N) is 2. The minimum absolute atomic E-state index is 0.233. The molecule has 120 valence electrons. The minimum atomic E-state index is -0.233. The zero-order chi connectivity index (χ0) is 16.8. The van der Waals surface area contributed by atoms with Crippen LogP contribution in [0.5, 0.6) is 0 Å². The van der Waals surface area contributed by atoms with Crippen LogP contribution >= 0.6 is 0 Å². The molecule has 0 radical (unpaired) electrons. The molecule has 2 aromatic heterocycles. The second kappa shape index (κ2) is 7.37. The van der Waals surface area contributed by atoms with Crippen LogP contribution < -0.4 is 10.6 Å². The van der Waals surface area contributed by atoms with Gasteiger partial charge in [0.25, 0.3) is 0 Å². The summed E-state index contributed by atoms with van der Waals surface area (Å²) in [7, 11) is 0. The van der Waals surface area contributed by atoms with Gasteiger partial charge in [-0.05, 0) is 54.4 Å². The zero-order valence-corrected chi connectivity index (χ0v) is 13.4. The van der Waals surface area contributed by atoms with Gasteiger partial charge in [-0.25, -0.2) is 4.79 Å². The van der Waals surface area contributed by atoms with E-state index in [1.165, 1.54) is 0 Å². The third-order valence-electron chi connectivity index (χ3n) is 3.53. The quantitative estimate of drug-likeness (QED) is 0.769. The first-order valence-electron chi connectivity index (χ1n) is 7.67. The number of rotatable bonds is 4. The van der Waals surface area contributed by atoms with Crippen LogP contribution in [0.15, 0.2) is 67.1 Å². The van der Waals surface area contributed by atoms with Gasteiger partial charge in [0.15, 0.2) is 0 Å². The van der Waals surface area contributed by atoms with Gasteiger partial charge in [-0.3, -0.25) is 9.97 Å². The van der Waals surface area contributed by atoms with E-state index in [-0.39, 0.29) is 6.03 Å². The van der Waals surface area contributed by atoms with E-state index in [1.807, 2.05) is 55.5 Å². The van der Waals surface area contributed by atoms with Gasteiger partial charge in [-0.1, -0.05) is 12.1 Å². The predicted octanol–water partition coefficient (Wildman–Crippen LogP) is 3.77. The van der Waals surface area contributed by atoms with Crippen LogP contribution in [0.4, 0.5) is 10.5 Å². The van der Waals surface area contributed by atoms with Crippen molar-refractivity contribution in [1.29, 1.82) is 0 Å². The number of amides is 2. The summed E-state index contributed by atoms with van der Waals surface area (Å²) in [6, 6.07) is 15.1. The highest BCUT2D eigenvalue weighted by Crippen LogP contribution is 2.16. The Balaban J connectivity index is 1.61. The van der Waals surface area contributed by atoms with Gasteiger partial charge in [-0.2, -0.15) is 0 Å². The molecule has 1 aromatic carbocycles. The summed E-state index contributed by atoms with van der Waals surface area (Å²) in [5, 5.41) is 5.68. The Morgan fingerprint density at radius 2 is 1.88 bits per heavy atom. The summed E-state index contributed by atoms with van der Waals surface area (Å²) in [6.45, 7) is 2.42. The second-order valence-corrected chi connectivity index (χ2v) is 5.46. The normalized spacial score (nSPS) is 10.2. The van der Waals surface area contributed by atoms with Crippen molar-refractivity contribution < 1.29 is 4.79 Å². The van der Waals surface area contributed by atoms with E-state index in [1.54, 1.807) is 18.6 Å². The molecule has 2 N–H and O–H groups in total. The molecule has 2 amide bonds. The van der Waals surface area contributed by atoms with Gasteiger partial charge in [0.2, 0.25) is 0 Å². The van der Waals surface area contributed by atoms with Crippen LogP contribution in [-0.4, -0.2) is 16.0 Å². The van der Waals surface area contributed by atoms with Crippen molar-refractivity contribution in [3.05, 3.63) is 78.2 Å². The fourth-order valence-corrected chi connectivity index (χ4v) is 2.35. The molecule has 3 aromatic rings. The Morgan fingerprint density at radius 3 is 2.67 bits per heavy atom. The van der Waals surface area contributed by atoms with Crippen LogP contribution in [0.1, 0.15) is 11.1 Å². The highest BCUT2D eigenvalue weighted by atomic mass is 16.2. The Hall–Kier alpha value is -3.21. The number of carbonyl (C=O) groups excluding carboxylic acids is 1. The van der Waals surface area contributed by atoms with Crippen molar-refractivity contribution in [1.82, 2.24) is 15.3 Å². The molecular weight excluding hydrogens is 300 g/mol. The number of carbonyl (C=O) groups is 1. The minimum Gasteiger partial charge on any atom is -0.334 e. The van der Waals surface area contributed by atoms with E-state index < -0.39 is 0 Å². The number of anilines is 1. The number of aryl methyl sites for hydroxylation is 1. The maximum Gasteiger partial charge on any atom is 0.319 e. The lowest BCUT2D eigenvalue weighted by Crippen LogP contribution is -2.28. The van der Waals surface area contributed by atoms with Crippen LogP contribution in [0.3, 0.4) is 0 Å². The summed E-state index contributed by atoms with van der Waals surface area (Å²) < 4.78 is 0. The molecule has 0 spiro atoms. The number of hydrogen-bond acceptors (Lipinski definition) is 3. The van der Waals surface area contributed by atoms with Gasteiger partial charge < -0.3 is 10.6 Å². The Morgan fingerprint density at radius 1 is 1.04 bits per heavy atom. The number of aromatic nitrogens is 2. The molecule has 0 saturated carbocycles. The Labute approximate surface area is 140 Å². The Kier molecular flexibility index (Phi) is 4.81. The summed E-state index contributed by atoms with van der Waals surface area (Å²) in [5.74, 6) is 0. The van der Waals surface area contributed by atoms with E-state index in [0.29, 0.717) is 6.54 Å². The van der Waals surface area contributed by atoms with E-state index in [9.17, 15) is 4.79 Å². The monoisotopic (exact) mass is 318 g/mol. The summed E-state index contributed by atoms with van der Waals surface area (Å²) in [4.78, 5) is 20.4. The van der Waals surface area contributed by atoms with Gasteiger partial charge in [0.1, 0.15) is 0 Å². The maximum absolute atomic E-state index is 12.0. The van der Waals surface area contributed by atoms with E-state index in [2.05, 4.69) is 20.6 Å². The van der Waals surface area contributed by atoms with Crippen molar-refractivity contribution in [3.63, 3.8) is 0 Å². The van der Waals surface area contributed by atoms with Crippen molar-refractivity contribution >= 4 is 11.7 Å². The summed E-state index contributed by atoms with van der Waals surface area (Å²) >= 11 is 0. The van der Waals surface area contributed by atoms with Gasteiger partial charge in [0, 0.05) is 36.4 Å². The fourth-order valence-electron chi connectivity index (χ4n) is 2.35. The fraction of sp³-hybridized carbons (Fsp3) is 0.105. The first kappa shape index (κ1) is 15.7. The molecule has 2 heterocycles. The molecule has 5 nitrogen and oxygen atoms in total. The predicted molar refractivity (Wildman–Crippen MR) is 94.5 cm³/mol. The molecule has 3 rings (SSSR count). The standard InChI is InChI=1S/C19H18N4O/c1-14-3-2-4-17(11-14)23-19(24)22-13-15-5-10-21-18(12-15)16-6-8-20-9-7-16/h2-12H,13H2,1H3,(H2,22,23,24). The van der Waals surface area contributed by atoms with Crippen LogP contribution in [0.2, 0.25) is 0 Å². The third kappa shape index (κ3) is 4.16. The van der Waals surface area contributed by atoms with Crippen LogP contribution in [0, 0.1) is 6.92 Å². The van der Waals surface area contributed by atoms with Gasteiger partial charge in [0.05, 0.1) is 5.69 Å². The first-order valence-corrected chi connectivity index (χ1v) is 7.67. The molecule has 24 heavy (non-hydrogen) atoms. The molecule has 0 unspecified atom stereocenters. The second-order valence-electron chi connectivity index (χ2n) is 5.46. The average molecular weight is 318 g/mol. The van der Waals surface area contributed by atoms with E-state index >= 15 is 0 Å². The number of pyridine rings is 2. The van der Waals surface area contributed by atoms with Crippen LogP contribution in [-0.2, 0) is 6.54 Å². The van der Waals surface area contributed by atoms with Gasteiger partial charge in [-0.15, -0.1) is 0 Å². The molecular formula is C19H18N4O. The van der Waals surface area contributed by atoms with E-state index in [4.69, 9.17) is 0 Å². The zero-order valence-electron chi connectivity index (χ0n) is 13.4. The van der Waals surface area contributed by atoms with Crippen LogP contribution in [0.25, 0.3) is 11.3 Å². The van der Waals surface area contributed by atoms with Crippen molar-refractivity contribution in [3.8, 4) is 11.3 Å². The van der Waals surface area contributed by atoms with Crippen molar-refractivity contribution in [2.45, 2.75) is 13.5 Å². The van der Waals surface area contributed by atoms with Gasteiger partial charge >= 0.3 is 6.03 Å². The number of urea groups is 1. The summed E-state index contributed by atoms with van der Waals surface area (Å²) in [5.41, 5.74) is 4.71. The summed E-state index contributed by atoms with van der Waals surface area (Å²) in [6.07, 6.45) is 5.21. The molecule has 0 atom stereocenters. The Bertz CT molecular complexity index is 834. The molecule has 0 bridgehead atoms. The number of nitrogens with one attached hydrogen (secondary N) is 2. The topological polar surface area (TPSA) is 66.9 Å². The maximum atomic E-state index is 12.0. The highest BCUT2D eigenvalue weighted by Gasteiger charge is 2.04. The van der Waals surface area contributed by atoms with Crippen molar-refractivity contribution in [2.75, 3.05) is 5.32 Å². The largest absolute Gasteiger partial charge is 0.334 e. The number of hydrogen-bond donors (Lipinski definition) is 2. The molecule has 0 fully saturated rings. The SMILES string of the molecule is Cc1cccc(NC(=O)NCc2ccnc(-c3ccncc3)c2)c1. The lowest BCUT2D eigenvalue weighted by molar-refractivity contribution is 0.251. The smallest absolute Gasteiger partial charge is 0.319 e. The molecule has 0 aliphatic rings. The lowest BCUT2D eigenvalue weighted by Gasteiger charge is -2.09.